The molecule has 1 aromatic heterocycles. The van der Waals surface area contributed by atoms with Crippen molar-refractivity contribution < 1.29 is 28.6 Å². The number of halogens is 2. The van der Waals surface area contributed by atoms with Crippen LogP contribution in [-0.2, 0) is 30.4 Å². The Morgan fingerprint density at radius 3 is 2.57 bits per heavy atom. The topological polar surface area (TPSA) is 130 Å². The van der Waals surface area contributed by atoms with Crippen LogP contribution in [0.3, 0.4) is 0 Å². The van der Waals surface area contributed by atoms with E-state index in [4.69, 9.17) is 43.1 Å². The lowest BCUT2D eigenvalue weighted by Crippen LogP contribution is -2.37. The van der Waals surface area contributed by atoms with Gasteiger partial charge >= 0.3 is 11.9 Å². The molecule has 2 aromatic rings. The number of carbonyl (C=O) groups excluding carboxylic acids is 3. The van der Waals surface area contributed by atoms with Crippen LogP contribution in [0, 0.1) is 5.92 Å². The number of aromatic nitrogens is 1. The lowest BCUT2D eigenvalue weighted by atomic mass is 9.75. The summed E-state index contributed by atoms with van der Waals surface area (Å²) in [5, 5.41) is 2.52. The molecule has 1 amide bonds. The number of rotatable bonds is 9. The molecule has 1 aliphatic rings. The van der Waals surface area contributed by atoms with Crippen LogP contribution in [0.1, 0.15) is 40.8 Å². The van der Waals surface area contributed by atoms with Crippen molar-refractivity contribution in [3.05, 3.63) is 61.2 Å². The fraction of sp³-hybridized carbons (Fsp3) is 0.348. The van der Waals surface area contributed by atoms with E-state index < -0.39 is 29.7 Å². The predicted octanol–water partition coefficient (Wildman–Crippen LogP) is 3.93. The van der Waals surface area contributed by atoms with Crippen molar-refractivity contribution in [3.8, 4) is 0 Å². The van der Waals surface area contributed by atoms with Gasteiger partial charge in [0.2, 0.25) is 0 Å². The van der Waals surface area contributed by atoms with Gasteiger partial charge in [0.25, 0.3) is 5.91 Å². The number of ether oxygens (including phenoxy) is 3. The lowest BCUT2D eigenvalue weighted by molar-refractivity contribution is -0.144. The first-order valence-electron chi connectivity index (χ1n) is 10.5. The average Bonchev–Trinajstić information content (AvgIpc) is 3.29. The maximum Gasteiger partial charge on any atom is 0.336 e. The van der Waals surface area contributed by atoms with Crippen molar-refractivity contribution in [1.82, 2.24) is 4.98 Å². The van der Waals surface area contributed by atoms with Gasteiger partial charge in [-0.1, -0.05) is 35.3 Å². The standard InChI is InChI=1S/C23H23Cl2N3O6S/c1-4-34-23(31)19-14(8-33-9-16-28-15(10-35-16)21(26)29)27-11(2)17(22(30)32-3)18(19)12-6-5-7-13(24)20(12)25/h5-7,10,17-18H,4,8-9H2,1-3H3,(H2,26,29). The van der Waals surface area contributed by atoms with E-state index in [0.29, 0.717) is 16.3 Å². The summed E-state index contributed by atoms with van der Waals surface area (Å²) in [7, 11) is 1.26. The number of benzene rings is 1. The van der Waals surface area contributed by atoms with Gasteiger partial charge in [0.15, 0.2) is 0 Å². The van der Waals surface area contributed by atoms with Crippen LogP contribution >= 0.6 is 34.5 Å². The van der Waals surface area contributed by atoms with E-state index in [0.717, 1.165) is 0 Å². The molecule has 2 heterocycles. The third-order valence-corrected chi connectivity index (χ3v) is 6.91. The molecule has 3 rings (SSSR count). The van der Waals surface area contributed by atoms with Crippen molar-refractivity contribution in [2.75, 3.05) is 20.3 Å². The Bertz CT molecular complexity index is 1210. The molecule has 2 unspecified atom stereocenters. The van der Waals surface area contributed by atoms with Gasteiger partial charge in [0.1, 0.15) is 16.6 Å². The first kappa shape index (κ1) is 26.8. The van der Waals surface area contributed by atoms with Gasteiger partial charge in [-0.05, 0) is 25.5 Å². The number of methoxy groups -OCH3 is 1. The summed E-state index contributed by atoms with van der Waals surface area (Å²) in [5.41, 5.74) is 6.64. The normalized spacial score (nSPS) is 17.7. The molecular formula is C23H23Cl2N3O6S. The SMILES string of the molecule is CCOC(=O)C1=C(COCc2nc(C(N)=O)cs2)N=C(C)C(C(=O)OC)C1c1cccc(Cl)c1Cl. The van der Waals surface area contributed by atoms with E-state index in [1.165, 1.54) is 23.8 Å². The zero-order chi connectivity index (χ0) is 25.7. The van der Waals surface area contributed by atoms with Crippen LogP contribution < -0.4 is 5.73 Å². The number of amides is 1. The van der Waals surface area contributed by atoms with Gasteiger partial charge < -0.3 is 19.9 Å². The minimum Gasteiger partial charge on any atom is -0.468 e. The van der Waals surface area contributed by atoms with Gasteiger partial charge in [0, 0.05) is 17.0 Å². The smallest absolute Gasteiger partial charge is 0.336 e. The third-order valence-electron chi connectivity index (χ3n) is 5.25. The number of primary amides is 1. The van der Waals surface area contributed by atoms with E-state index in [9.17, 15) is 14.4 Å². The molecule has 0 radical (unpaired) electrons. The van der Waals surface area contributed by atoms with Crippen LogP contribution in [0.2, 0.25) is 10.0 Å². The maximum absolute atomic E-state index is 13.2. The van der Waals surface area contributed by atoms with Crippen molar-refractivity contribution in [3.63, 3.8) is 0 Å². The fourth-order valence-electron chi connectivity index (χ4n) is 3.75. The van der Waals surface area contributed by atoms with Crippen LogP contribution in [0.4, 0.5) is 0 Å². The van der Waals surface area contributed by atoms with E-state index >= 15 is 0 Å². The summed E-state index contributed by atoms with van der Waals surface area (Å²) >= 11 is 14.0. The largest absolute Gasteiger partial charge is 0.468 e. The summed E-state index contributed by atoms with van der Waals surface area (Å²) in [6.45, 7) is 3.39. The van der Waals surface area contributed by atoms with Crippen LogP contribution in [0.5, 0.6) is 0 Å². The Hall–Kier alpha value is -2.79. The van der Waals surface area contributed by atoms with Crippen molar-refractivity contribution in [1.29, 1.82) is 0 Å². The second-order valence-electron chi connectivity index (χ2n) is 7.44. The molecule has 9 nitrogen and oxygen atoms in total. The van der Waals surface area contributed by atoms with Crippen molar-refractivity contribution >= 4 is 58.1 Å². The van der Waals surface area contributed by atoms with Crippen molar-refractivity contribution in [2.24, 2.45) is 16.6 Å². The molecule has 35 heavy (non-hydrogen) atoms. The molecule has 1 aromatic carbocycles. The average molecular weight is 540 g/mol. The lowest BCUT2D eigenvalue weighted by Gasteiger charge is -2.32. The second kappa shape index (κ2) is 11.8. The molecule has 0 saturated carbocycles. The molecule has 0 bridgehead atoms. The van der Waals surface area contributed by atoms with E-state index in [1.54, 1.807) is 32.0 Å². The molecule has 0 saturated heterocycles. The number of nitrogens with zero attached hydrogens (tertiary/aromatic N) is 2. The molecule has 2 atom stereocenters. The molecule has 186 valence electrons. The summed E-state index contributed by atoms with van der Waals surface area (Å²) in [6.07, 6.45) is 0. The predicted molar refractivity (Wildman–Crippen MR) is 132 cm³/mol. The molecule has 0 aliphatic carbocycles. The van der Waals surface area contributed by atoms with Crippen LogP contribution in [-0.4, -0.2) is 48.9 Å². The molecule has 1 aliphatic heterocycles. The summed E-state index contributed by atoms with van der Waals surface area (Å²) in [6, 6.07) is 4.97. The Labute approximate surface area is 215 Å². The second-order valence-corrected chi connectivity index (χ2v) is 9.17. The Balaban J connectivity index is 2.05. The molecule has 12 heteroatoms. The molecule has 0 spiro atoms. The minimum atomic E-state index is -0.934. The number of nitrogens with two attached hydrogens (primary N) is 1. The van der Waals surface area contributed by atoms with E-state index in [1.807, 2.05) is 0 Å². The number of hydrogen-bond donors (Lipinski definition) is 1. The summed E-state index contributed by atoms with van der Waals surface area (Å²) in [5.74, 6) is -3.69. The van der Waals surface area contributed by atoms with E-state index in [-0.39, 0.29) is 46.8 Å². The quantitative estimate of drug-likeness (QED) is 0.477. The molecule has 2 N–H and O–H groups in total. The van der Waals surface area contributed by atoms with Gasteiger partial charge in [-0.15, -0.1) is 11.3 Å². The van der Waals surface area contributed by atoms with E-state index in [2.05, 4.69) is 9.98 Å². The zero-order valence-electron chi connectivity index (χ0n) is 19.2. The van der Waals surface area contributed by atoms with Gasteiger partial charge in [0.05, 0.1) is 48.2 Å². The number of hydrogen-bond acceptors (Lipinski definition) is 9. The number of carbonyl (C=O) groups is 3. The monoisotopic (exact) mass is 539 g/mol. The maximum atomic E-state index is 13.2. The zero-order valence-corrected chi connectivity index (χ0v) is 21.5. The Morgan fingerprint density at radius 1 is 1.20 bits per heavy atom. The first-order valence-corrected chi connectivity index (χ1v) is 12.1. The molecule has 0 fully saturated rings. The van der Waals surface area contributed by atoms with Gasteiger partial charge in [-0.3, -0.25) is 14.6 Å². The highest BCUT2D eigenvalue weighted by Gasteiger charge is 2.44. The highest BCUT2D eigenvalue weighted by atomic mass is 35.5. The first-order chi connectivity index (χ1) is 16.7. The number of aliphatic imine (C=N–C) groups is 1. The highest BCUT2D eigenvalue weighted by molar-refractivity contribution is 7.09. The Kier molecular flexibility index (Phi) is 9.01. The highest BCUT2D eigenvalue weighted by Crippen LogP contribution is 2.44. The van der Waals surface area contributed by atoms with Crippen LogP contribution in [0.15, 0.2) is 39.8 Å². The fourth-order valence-corrected chi connectivity index (χ4v) is 4.89. The third kappa shape index (κ3) is 5.90. The van der Waals surface area contributed by atoms with Gasteiger partial charge in [-0.25, -0.2) is 9.78 Å². The minimum absolute atomic E-state index is 0.0507. The van der Waals surface area contributed by atoms with Gasteiger partial charge in [-0.2, -0.15) is 0 Å². The van der Waals surface area contributed by atoms with Crippen LogP contribution in [0.25, 0.3) is 0 Å². The Morgan fingerprint density at radius 2 is 1.94 bits per heavy atom. The van der Waals surface area contributed by atoms with Crippen molar-refractivity contribution in [2.45, 2.75) is 26.4 Å². The number of esters is 2. The number of thiazole rings is 1. The summed E-state index contributed by atoms with van der Waals surface area (Å²) < 4.78 is 16.1. The molecular weight excluding hydrogens is 517 g/mol. The summed E-state index contributed by atoms with van der Waals surface area (Å²) in [4.78, 5) is 45.9.